The van der Waals surface area contributed by atoms with Gasteiger partial charge >= 0.3 is 0 Å². The first kappa shape index (κ1) is 13.7. The molecule has 2 aliphatic rings. The predicted molar refractivity (Wildman–Crippen MR) is 66.7 cm³/mol. The van der Waals surface area contributed by atoms with E-state index >= 15 is 0 Å². The molecule has 2 aliphatic heterocycles. The summed E-state index contributed by atoms with van der Waals surface area (Å²) in [7, 11) is 1.35. The predicted octanol–water partition coefficient (Wildman–Crippen LogP) is 0.402. The van der Waals surface area contributed by atoms with Crippen molar-refractivity contribution in [1.82, 2.24) is 0 Å². The lowest BCUT2D eigenvalue weighted by molar-refractivity contribution is -0.317. The van der Waals surface area contributed by atoms with Gasteiger partial charge in [-0.05, 0) is 0 Å². The van der Waals surface area contributed by atoms with Gasteiger partial charge in [-0.3, -0.25) is 4.79 Å². The molecule has 1 N–H and O–H groups in total. The Kier molecular flexibility index (Phi) is 3.82. The molecule has 6 heteroatoms. The van der Waals surface area contributed by atoms with Crippen molar-refractivity contribution in [3.05, 3.63) is 35.9 Å². The fourth-order valence-corrected chi connectivity index (χ4v) is 2.42. The molecule has 0 aliphatic carbocycles. The molecule has 0 spiro atoms. The molecular weight excluding hydrogens is 264 g/mol. The summed E-state index contributed by atoms with van der Waals surface area (Å²) in [6.45, 7) is 0.231. The van der Waals surface area contributed by atoms with Gasteiger partial charge < -0.3 is 24.1 Å². The van der Waals surface area contributed by atoms with E-state index in [0.717, 1.165) is 5.56 Å². The minimum atomic E-state index is -1.27. The Hall–Kier alpha value is -1.31. The summed E-state index contributed by atoms with van der Waals surface area (Å²) in [5.41, 5.74) is 0.833. The fourth-order valence-electron chi connectivity index (χ4n) is 2.42. The van der Waals surface area contributed by atoms with Crippen LogP contribution in [0, 0.1) is 0 Å². The second-order valence-corrected chi connectivity index (χ2v) is 4.77. The molecule has 0 aromatic heterocycles. The van der Waals surface area contributed by atoms with E-state index in [1.807, 2.05) is 30.3 Å². The Morgan fingerprint density at radius 1 is 1.25 bits per heavy atom. The lowest BCUT2D eigenvalue weighted by Gasteiger charge is -2.42. The average Bonchev–Trinajstić information content (AvgIpc) is 2.51. The van der Waals surface area contributed by atoms with E-state index < -0.39 is 36.7 Å². The minimum absolute atomic E-state index is 0.231. The number of benzene rings is 1. The van der Waals surface area contributed by atoms with Gasteiger partial charge in [0, 0.05) is 12.7 Å². The molecule has 1 unspecified atom stereocenters. The molecule has 1 aromatic carbocycles. The molecule has 5 atom stereocenters. The van der Waals surface area contributed by atoms with Gasteiger partial charge in [0.05, 0.1) is 6.61 Å². The summed E-state index contributed by atoms with van der Waals surface area (Å²) in [4.78, 5) is 11.8. The summed E-state index contributed by atoms with van der Waals surface area (Å²) in [5, 5.41) is 10.0. The number of Topliss-reactive ketones (excluding diaryl/α,β-unsaturated/α-hetero) is 1. The van der Waals surface area contributed by atoms with E-state index in [9.17, 15) is 9.90 Å². The molecule has 2 saturated heterocycles. The summed E-state index contributed by atoms with van der Waals surface area (Å²) in [6, 6.07) is 9.35. The number of ether oxygens (including phenoxy) is 4. The van der Waals surface area contributed by atoms with Crippen LogP contribution in [0.2, 0.25) is 0 Å². The lowest BCUT2D eigenvalue weighted by atomic mass is 9.99. The van der Waals surface area contributed by atoms with Crippen LogP contribution in [-0.4, -0.2) is 49.2 Å². The maximum atomic E-state index is 11.8. The summed E-state index contributed by atoms with van der Waals surface area (Å²) in [5.74, 6) is -0.525. The van der Waals surface area contributed by atoms with E-state index in [2.05, 4.69) is 0 Å². The third kappa shape index (κ3) is 2.36. The van der Waals surface area contributed by atoms with Crippen molar-refractivity contribution in [2.24, 2.45) is 0 Å². The molecule has 108 valence electrons. The number of carbonyl (C=O) groups is 1. The van der Waals surface area contributed by atoms with E-state index in [1.165, 1.54) is 7.11 Å². The van der Waals surface area contributed by atoms with Gasteiger partial charge in [-0.1, -0.05) is 30.3 Å². The second kappa shape index (κ2) is 5.59. The van der Waals surface area contributed by atoms with Crippen molar-refractivity contribution >= 4 is 5.78 Å². The largest absolute Gasteiger partial charge is 0.382 e. The van der Waals surface area contributed by atoms with Gasteiger partial charge in [-0.25, -0.2) is 0 Å². The number of hydrogen-bond acceptors (Lipinski definition) is 6. The maximum Gasteiger partial charge on any atom is 0.220 e. The number of carbonyl (C=O) groups excluding carboxylic acids is 1. The van der Waals surface area contributed by atoms with Gasteiger partial charge in [-0.2, -0.15) is 0 Å². The van der Waals surface area contributed by atoms with Crippen molar-refractivity contribution in [3.63, 3.8) is 0 Å². The first-order valence-corrected chi connectivity index (χ1v) is 6.43. The minimum Gasteiger partial charge on any atom is -0.382 e. The van der Waals surface area contributed by atoms with Crippen molar-refractivity contribution in [2.45, 2.75) is 30.9 Å². The van der Waals surface area contributed by atoms with Crippen LogP contribution < -0.4 is 0 Å². The van der Waals surface area contributed by atoms with E-state index in [0.29, 0.717) is 0 Å². The SMILES string of the molecule is CO[C@H]1O[C@@H]2COC(c3ccccc3)O[C@H]2[C@H](O)C1=O. The van der Waals surface area contributed by atoms with Gasteiger partial charge in [0.1, 0.15) is 18.3 Å². The van der Waals surface area contributed by atoms with Crippen LogP contribution in [0.3, 0.4) is 0 Å². The molecule has 0 saturated carbocycles. The highest BCUT2D eigenvalue weighted by Crippen LogP contribution is 2.32. The number of aliphatic hydroxyl groups excluding tert-OH is 1. The molecule has 0 bridgehead atoms. The van der Waals surface area contributed by atoms with Crippen LogP contribution in [-0.2, 0) is 23.7 Å². The Morgan fingerprint density at radius 3 is 2.70 bits per heavy atom. The quantitative estimate of drug-likeness (QED) is 0.845. The van der Waals surface area contributed by atoms with Crippen LogP contribution in [0.5, 0.6) is 0 Å². The van der Waals surface area contributed by atoms with Crippen molar-refractivity contribution < 1.29 is 28.8 Å². The van der Waals surface area contributed by atoms with E-state index in [4.69, 9.17) is 18.9 Å². The zero-order chi connectivity index (χ0) is 14.1. The monoisotopic (exact) mass is 280 g/mol. The van der Waals surface area contributed by atoms with Gasteiger partial charge in [-0.15, -0.1) is 0 Å². The Balaban J connectivity index is 1.76. The molecule has 6 nitrogen and oxygen atoms in total. The third-order valence-electron chi connectivity index (χ3n) is 3.48. The highest BCUT2D eigenvalue weighted by molar-refractivity contribution is 5.87. The average molecular weight is 280 g/mol. The number of fused-ring (bicyclic) bond motifs is 1. The van der Waals surface area contributed by atoms with Crippen LogP contribution >= 0.6 is 0 Å². The molecule has 0 radical (unpaired) electrons. The van der Waals surface area contributed by atoms with Crippen molar-refractivity contribution in [1.29, 1.82) is 0 Å². The molecular formula is C14H16O6. The normalized spacial score (nSPS) is 37.5. The smallest absolute Gasteiger partial charge is 0.220 e. The summed E-state index contributed by atoms with van der Waals surface area (Å²) < 4.78 is 21.6. The molecule has 0 amide bonds. The zero-order valence-electron chi connectivity index (χ0n) is 11.0. The van der Waals surface area contributed by atoms with Gasteiger partial charge in [0.15, 0.2) is 6.29 Å². The lowest BCUT2D eigenvalue weighted by Crippen LogP contribution is -2.60. The molecule has 2 heterocycles. The number of rotatable bonds is 2. The summed E-state index contributed by atoms with van der Waals surface area (Å²) in [6.07, 6.45) is -4.20. The zero-order valence-corrected chi connectivity index (χ0v) is 11.0. The topological polar surface area (TPSA) is 74.2 Å². The van der Waals surface area contributed by atoms with Crippen LogP contribution in [0.4, 0.5) is 0 Å². The van der Waals surface area contributed by atoms with Gasteiger partial charge in [0.2, 0.25) is 12.1 Å². The Morgan fingerprint density at radius 2 is 2.00 bits per heavy atom. The fraction of sp³-hybridized carbons (Fsp3) is 0.500. The van der Waals surface area contributed by atoms with Crippen molar-refractivity contribution in [2.75, 3.05) is 13.7 Å². The second-order valence-electron chi connectivity index (χ2n) is 4.77. The van der Waals surface area contributed by atoms with E-state index in [1.54, 1.807) is 0 Å². The first-order chi connectivity index (χ1) is 9.70. The first-order valence-electron chi connectivity index (χ1n) is 6.43. The van der Waals surface area contributed by atoms with E-state index in [-0.39, 0.29) is 6.61 Å². The van der Waals surface area contributed by atoms with Gasteiger partial charge in [0.25, 0.3) is 0 Å². The number of hydrogen-bond donors (Lipinski definition) is 1. The summed E-state index contributed by atoms with van der Waals surface area (Å²) >= 11 is 0. The number of methoxy groups -OCH3 is 1. The maximum absolute atomic E-state index is 11.8. The molecule has 3 rings (SSSR count). The molecule has 2 fully saturated rings. The highest BCUT2D eigenvalue weighted by atomic mass is 16.7. The number of ketones is 1. The van der Waals surface area contributed by atoms with Crippen LogP contribution in [0.1, 0.15) is 11.9 Å². The third-order valence-corrected chi connectivity index (χ3v) is 3.48. The Labute approximate surface area is 116 Å². The van der Waals surface area contributed by atoms with Crippen LogP contribution in [0.25, 0.3) is 0 Å². The van der Waals surface area contributed by atoms with Crippen LogP contribution in [0.15, 0.2) is 30.3 Å². The number of aliphatic hydroxyl groups is 1. The highest BCUT2D eigenvalue weighted by Gasteiger charge is 2.48. The molecule has 1 aromatic rings. The molecule has 20 heavy (non-hydrogen) atoms. The standard InChI is InChI=1S/C14H16O6/c1-17-14-11(16)10(15)12-9(19-14)7-18-13(20-12)8-5-3-2-4-6-8/h2-6,9-10,12-15H,7H2,1H3/t9-,10-,12-,13?,14+/m1/s1. The Bertz CT molecular complexity index is 476. The van der Waals surface area contributed by atoms with Crippen molar-refractivity contribution in [3.8, 4) is 0 Å².